The van der Waals surface area contributed by atoms with Gasteiger partial charge in [-0.2, -0.15) is 8.42 Å². The summed E-state index contributed by atoms with van der Waals surface area (Å²) in [5.74, 6) is 0. The Hall–Kier alpha value is -2.55. The van der Waals surface area contributed by atoms with E-state index in [1.54, 1.807) is 18.2 Å². The summed E-state index contributed by atoms with van der Waals surface area (Å²) in [6.45, 7) is 0. The molecule has 0 unspecified atom stereocenters. The lowest BCUT2D eigenvalue weighted by Crippen LogP contribution is -2.19. The van der Waals surface area contributed by atoms with E-state index in [9.17, 15) is 13.2 Å². The molecular formula is C10H11N5O3S. The molecule has 9 heteroatoms. The van der Waals surface area contributed by atoms with Gasteiger partial charge in [0.05, 0.1) is 18.2 Å². The molecule has 0 atom stereocenters. The summed E-state index contributed by atoms with van der Waals surface area (Å²) in [5, 5.41) is 2.29. The van der Waals surface area contributed by atoms with Crippen molar-refractivity contribution in [3.05, 3.63) is 36.8 Å². The maximum atomic E-state index is 11.9. The number of hydrogen-bond donors (Lipinski definition) is 4. The minimum absolute atomic E-state index is 0.0548. The Bertz CT molecular complexity index is 681. The number of primary amides is 1. The Morgan fingerprint density at radius 2 is 2.05 bits per heavy atom. The molecule has 2 aromatic rings. The topological polar surface area (TPSA) is 130 Å². The monoisotopic (exact) mass is 281 g/mol. The van der Waals surface area contributed by atoms with E-state index >= 15 is 0 Å². The second-order valence-electron chi connectivity index (χ2n) is 3.59. The summed E-state index contributed by atoms with van der Waals surface area (Å²) in [4.78, 5) is 16.8. The fourth-order valence-electron chi connectivity index (χ4n) is 1.40. The first-order valence-electron chi connectivity index (χ1n) is 5.15. The zero-order valence-electron chi connectivity index (χ0n) is 9.62. The molecule has 0 radical (unpaired) electrons. The number of carbonyl (C=O) groups is 1. The van der Waals surface area contributed by atoms with E-state index in [1.807, 2.05) is 0 Å². The second kappa shape index (κ2) is 4.98. The number of urea groups is 1. The Morgan fingerprint density at radius 3 is 2.68 bits per heavy atom. The summed E-state index contributed by atoms with van der Waals surface area (Å²) in [7, 11) is -3.73. The maximum Gasteiger partial charge on any atom is 0.316 e. The van der Waals surface area contributed by atoms with Crippen LogP contribution in [0.1, 0.15) is 0 Å². The molecule has 0 fully saturated rings. The molecule has 1 aromatic heterocycles. The second-order valence-corrected chi connectivity index (χ2v) is 5.24. The van der Waals surface area contributed by atoms with Gasteiger partial charge >= 0.3 is 6.03 Å². The average molecular weight is 281 g/mol. The molecule has 8 nitrogen and oxygen atoms in total. The van der Waals surface area contributed by atoms with Crippen LogP contribution < -0.4 is 15.8 Å². The van der Waals surface area contributed by atoms with Gasteiger partial charge in [0.1, 0.15) is 0 Å². The number of hydrogen-bond acceptors (Lipinski definition) is 4. The lowest BCUT2D eigenvalue weighted by atomic mass is 10.3. The summed E-state index contributed by atoms with van der Waals surface area (Å²) in [5.41, 5.74) is 5.66. The summed E-state index contributed by atoms with van der Waals surface area (Å²) >= 11 is 0. The van der Waals surface area contributed by atoms with Gasteiger partial charge in [-0.25, -0.2) is 9.78 Å². The number of carbonyl (C=O) groups excluding carboxylic acids is 1. The molecule has 0 saturated carbocycles. The highest BCUT2D eigenvalue weighted by molar-refractivity contribution is 7.92. The van der Waals surface area contributed by atoms with Gasteiger partial charge in [0.2, 0.25) is 0 Å². The molecule has 0 aliphatic carbocycles. The molecule has 0 aliphatic heterocycles. The normalized spacial score (nSPS) is 10.9. The minimum atomic E-state index is -3.73. The van der Waals surface area contributed by atoms with E-state index in [4.69, 9.17) is 5.73 Å². The van der Waals surface area contributed by atoms with Crippen LogP contribution in [0.15, 0.2) is 41.8 Å². The van der Waals surface area contributed by atoms with Crippen LogP contribution in [0, 0.1) is 0 Å². The predicted molar refractivity (Wildman–Crippen MR) is 69.0 cm³/mol. The SMILES string of the molecule is NC(=O)Nc1cccc(NS(=O)(=O)c2cnc[nH]2)c1. The number of sulfonamides is 1. The third-order valence-electron chi connectivity index (χ3n) is 2.14. The molecule has 100 valence electrons. The largest absolute Gasteiger partial charge is 0.351 e. The van der Waals surface area contributed by atoms with E-state index in [0.29, 0.717) is 11.4 Å². The number of benzene rings is 1. The predicted octanol–water partition coefficient (Wildman–Crippen LogP) is 0.701. The Labute approximate surface area is 109 Å². The van der Waals surface area contributed by atoms with Crippen molar-refractivity contribution in [2.24, 2.45) is 5.73 Å². The lowest BCUT2D eigenvalue weighted by Gasteiger charge is -2.08. The van der Waals surface area contributed by atoms with Crippen LogP contribution in [0.5, 0.6) is 0 Å². The van der Waals surface area contributed by atoms with Crippen LogP contribution in [0.25, 0.3) is 0 Å². The van der Waals surface area contributed by atoms with Crippen LogP contribution in [0.2, 0.25) is 0 Å². The van der Waals surface area contributed by atoms with E-state index < -0.39 is 16.1 Å². The Morgan fingerprint density at radius 1 is 1.32 bits per heavy atom. The van der Waals surface area contributed by atoms with Crippen molar-refractivity contribution in [2.45, 2.75) is 5.03 Å². The van der Waals surface area contributed by atoms with Crippen LogP contribution >= 0.6 is 0 Å². The third-order valence-corrected chi connectivity index (χ3v) is 3.45. The number of nitrogens with zero attached hydrogens (tertiary/aromatic N) is 1. The molecule has 5 N–H and O–H groups in total. The molecule has 1 aromatic carbocycles. The van der Waals surface area contributed by atoms with E-state index in [1.165, 1.54) is 18.6 Å². The molecular weight excluding hydrogens is 270 g/mol. The molecule has 2 rings (SSSR count). The summed E-state index contributed by atoms with van der Waals surface area (Å²) in [6.07, 6.45) is 2.45. The van der Waals surface area contributed by atoms with Crippen LogP contribution in [-0.2, 0) is 10.0 Å². The zero-order valence-corrected chi connectivity index (χ0v) is 10.4. The molecule has 2 amide bonds. The quantitative estimate of drug-likeness (QED) is 0.657. The number of nitrogens with one attached hydrogen (secondary N) is 3. The van der Waals surface area contributed by atoms with Crippen molar-refractivity contribution < 1.29 is 13.2 Å². The third kappa shape index (κ3) is 3.22. The van der Waals surface area contributed by atoms with E-state index in [-0.39, 0.29) is 5.03 Å². The van der Waals surface area contributed by atoms with Gasteiger partial charge in [-0.1, -0.05) is 6.07 Å². The first kappa shape index (κ1) is 12.9. The lowest BCUT2D eigenvalue weighted by molar-refractivity contribution is 0.259. The number of rotatable bonds is 4. The number of imidazole rings is 1. The highest BCUT2D eigenvalue weighted by atomic mass is 32.2. The smallest absolute Gasteiger partial charge is 0.316 e. The van der Waals surface area contributed by atoms with E-state index in [0.717, 1.165) is 0 Å². The van der Waals surface area contributed by atoms with Crippen molar-refractivity contribution in [2.75, 3.05) is 10.0 Å². The van der Waals surface area contributed by atoms with Gasteiger partial charge in [0, 0.05) is 5.69 Å². The summed E-state index contributed by atoms with van der Waals surface area (Å²) < 4.78 is 26.1. The van der Waals surface area contributed by atoms with Gasteiger partial charge in [-0.3, -0.25) is 4.72 Å². The highest BCUT2D eigenvalue weighted by Gasteiger charge is 2.15. The number of aromatic amines is 1. The number of amides is 2. The molecule has 0 spiro atoms. The van der Waals surface area contributed by atoms with Crippen LogP contribution in [0.4, 0.5) is 16.2 Å². The molecule has 0 saturated heterocycles. The van der Waals surface area contributed by atoms with Crippen LogP contribution in [0.3, 0.4) is 0 Å². The van der Waals surface area contributed by atoms with Crippen molar-refractivity contribution in [3.8, 4) is 0 Å². The van der Waals surface area contributed by atoms with Gasteiger partial charge in [-0.15, -0.1) is 0 Å². The van der Waals surface area contributed by atoms with Gasteiger partial charge in [0.15, 0.2) is 5.03 Å². The number of nitrogens with two attached hydrogens (primary N) is 1. The molecule has 0 aliphatic rings. The minimum Gasteiger partial charge on any atom is -0.351 e. The number of anilines is 2. The average Bonchev–Trinajstić information content (AvgIpc) is 2.81. The van der Waals surface area contributed by atoms with Gasteiger partial charge in [0.25, 0.3) is 10.0 Å². The maximum absolute atomic E-state index is 11.9. The molecule has 0 bridgehead atoms. The molecule has 19 heavy (non-hydrogen) atoms. The van der Waals surface area contributed by atoms with Gasteiger partial charge in [-0.05, 0) is 18.2 Å². The Kier molecular flexibility index (Phi) is 3.38. The highest BCUT2D eigenvalue weighted by Crippen LogP contribution is 2.18. The first-order valence-corrected chi connectivity index (χ1v) is 6.63. The fraction of sp³-hybridized carbons (Fsp3) is 0. The van der Waals surface area contributed by atoms with Crippen molar-refractivity contribution in [1.82, 2.24) is 9.97 Å². The summed E-state index contributed by atoms with van der Waals surface area (Å²) in [6, 6.07) is 5.42. The van der Waals surface area contributed by atoms with Crippen LogP contribution in [-0.4, -0.2) is 24.4 Å². The fourth-order valence-corrected chi connectivity index (χ4v) is 2.36. The van der Waals surface area contributed by atoms with Crippen molar-refractivity contribution in [1.29, 1.82) is 0 Å². The van der Waals surface area contributed by atoms with Crippen molar-refractivity contribution >= 4 is 27.4 Å². The van der Waals surface area contributed by atoms with Crippen molar-refractivity contribution in [3.63, 3.8) is 0 Å². The first-order chi connectivity index (χ1) is 8.97. The number of H-pyrrole nitrogens is 1. The van der Waals surface area contributed by atoms with Gasteiger partial charge < -0.3 is 16.0 Å². The zero-order chi connectivity index (χ0) is 13.9. The molecule has 1 heterocycles. The number of aromatic nitrogens is 2. The van der Waals surface area contributed by atoms with E-state index in [2.05, 4.69) is 20.0 Å². The standard InChI is InChI=1S/C10H11N5O3S/c11-10(16)14-7-2-1-3-8(4-7)15-19(17,18)9-5-12-6-13-9/h1-6,15H,(H,12,13)(H3,11,14,16). The Balaban J connectivity index is 2.22.